The second-order valence-electron chi connectivity index (χ2n) is 6.67. The lowest BCUT2D eigenvalue weighted by Gasteiger charge is -2.18. The van der Waals surface area contributed by atoms with Gasteiger partial charge in [-0.3, -0.25) is 9.59 Å². The molecule has 1 atom stereocenters. The molecule has 0 aliphatic heterocycles. The predicted molar refractivity (Wildman–Crippen MR) is 108 cm³/mol. The van der Waals surface area contributed by atoms with Crippen LogP contribution in [-0.2, 0) is 27.2 Å². The normalized spacial score (nSPS) is 11.9. The predicted octanol–water partition coefficient (Wildman–Crippen LogP) is 3.48. The van der Waals surface area contributed by atoms with E-state index in [0.29, 0.717) is 6.61 Å². The van der Waals surface area contributed by atoms with Gasteiger partial charge in [0, 0.05) is 18.9 Å². The van der Waals surface area contributed by atoms with Crippen molar-refractivity contribution < 1.29 is 14.3 Å². The van der Waals surface area contributed by atoms with Crippen LogP contribution in [0.5, 0.6) is 0 Å². The Bertz CT molecular complexity index is 950. The number of aromatic amines is 1. The minimum Gasteiger partial charge on any atom is -0.466 e. The average molecular weight is 379 g/mol. The highest BCUT2D eigenvalue weighted by atomic mass is 16.5. The van der Waals surface area contributed by atoms with Crippen molar-refractivity contribution in [1.82, 2.24) is 15.3 Å². The summed E-state index contributed by atoms with van der Waals surface area (Å²) in [6, 6.07) is 15.5. The maximum absolute atomic E-state index is 12.0. The molecule has 2 aromatic carbocycles. The summed E-state index contributed by atoms with van der Waals surface area (Å²) in [4.78, 5) is 31.8. The summed E-state index contributed by atoms with van der Waals surface area (Å²) in [6.07, 6.45) is 1.73. The number of imidazole rings is 1. The van der Waals surface area contributed by atoms with Crippen molar-refractivity contribution in [2.24, 2.45) is 0 Å². The van der Waals surface area contributed by atoms with Crippen LogP contribution >= 0.6 is 0 Å². The Hall–Kier alpha value is -3.15. The van der Waals surface area contributed by atoms with Gasteiger partial charge in [-0.1, -0.05) is 42.5 Å². The molecule has 1 unspecified atom stereocenters. The summed E-state index contributed by atoms with van der Waals surface area (Å²) in [6.45, 7) is 3.51. The number of hydrogen-bond donors (Lipinski definition) is 2. The van der Waals surface area contributed by atoms with Crippen LogP contribution in [0.1, 0.15) is 43.3 Å². The van der Waals surface area contributed by atoms with Crippen molar-refractivity contribution in [1.29, 1.82) is 0 Å². The Balaban J connectivity index is 1.85. The Morgan fingerprint density at radius 2 is 1.89 bits per heavy atom. The standard InChI is InChI=1S/C22H25N3O3/c1-3-28-21(27)14-19(23-15(2)26)17-10-7-11-18-22(17)25-20(24-18)13-12-16-8-5-4-6-9-16/h4-11,19H,3,12-14H2,1-2H3,(H,23,26)(H,24,25). The van der Waals surface area contributed by atoms with Gasteiger partial charge in [0.25, 0.3) is 0 Å². The van der Waals surface area contributed by atoms with Crippen LogP contribution in [0.2, 0.25) is 0 Å². The second-order valence-corrected chi connectivity index (χ2v) is 6.67. The van der Waals surface area contributed by atoms with E-state index >= 15 is 0 Å². The Morgan fingerprint density at radius 1 is 1.11 bits per heavy atom. The van der Waals surface area contributed by atoms with Crippen molar-refractivity contribution >= 4 is 22.9 Å². The van der Waals surface area contributed by atoms with Crippen molar-refractivity contribution in [2.75, 3.05) is 6.61 Å². The third kappa shape index (κ3) is 4.97. The fraction of sp³-hybridized carbons (Fsp3) is 0.318. The number of benzene rings is 2. The fourth-order valence-corrected chi connectivity index (χ4v) is 3.28. The number of amides is 1. The van der Waals surface area contributed by atoms with Gasteiger partial charge in [-0.05, 0) is 25.0 Å². The smallest absolute Gasteiger partial charge is 0.308 e. The second kappa shape index (κ2) is 9.17. The molecule has 3 aromatic rings. The molecule has 0 spiro atoms. The molecule has 0 saturated heterocycles. The number of aromatic nitrogens is 2. The number of rotatable bonds is 8. The Kier molecular flexibility index (Phi) is 6.42. The molecule has 0 bridgehead atoms. The third-order valence-electron chi connectivity index (χ3n) is 4.52. The maximum atomic E-state index is 12.0. The number of carbonyl (C=O) groups is 2. The van der Waals surface area contributed by atoms with E-state index in [1.54, 1.807) is 6.92 Å². The van der Waals surface area contributed by atoms with Gasteiger partial charge in [0.05, 0.1) is 30.1 Å². The fourth-order valence-electron chi connectivity index (χ4n) is 3.28. The molecule has 1 amide bonds. The first-order valence-electron chi connectivity index (χ1n) is 9.51. The van der Waals surface area contributed by atoms with E-state index in [9.17, 15) is 9.59 Å². The molecule has 146 valence electrons. The molecule has 2 N–H and O–H groups in total. The summed E-state index contributed by atoms with van der Waals surface area (Å²) in [7, 11) is 0. The number of nitrogens with one attached hydrogen (secondary N) is 2. The average Bonchev–Trinajstić information content (AvgIpc) is 3.09. The molecular formula is C22H25N3O3. The van der Waals surface area contributed by atoms with Crippen molar-refractivity contribution in [2.45, 2.75) is 39.2 Å². The monoisotopic (exact) mass is 379 g/mol. The van der Waals surface area contributed by atoms with E-state index in [-0.39, 0.29) is 18.3 Å². The molecule has 0 aliphatic rings. The number of esters is 1. The van der Waals surface area contributed by atoms with Crippen LogP contribution in [0.3, 0.4) is 0 Å². The minimum absolute atomic E-state index is 0.0682. The summed E-state index contributed by atoms with van der Waals surface area (Å²) < 4.78 is 5.06. The SMILES string of the molecule is CCOC(=O)CC(NC(C)=O)c1cccc2[nH]c(CCc3ccccc3)nc12. The summed E-state index contributed by atoms with van der Waals surface area (Å²) in [5, 5.41) is 2.85. The van der Waals surface area contributed by atoms with Gasteiger partial charge < -0.3 is 15.0 Å². The first kappa shape index (κ1) is 19.6. The molecular weight excluding hydrogens is 354 g/mol. The van der Waals surface area contributed by atoms with Crippen LogP contribution in [0, 0.1) is 0 Å². The lowest BCUT2D eigenvalue weighted by molar-refractivity contribution is -0.143. The van der Waals surface area contributed by atoms with Gasteiger partial charge in [0.15, 0.2) is 0 Å². The largest absolute Gasteiger partial charge is 0.466 e. The molecule has 6 nitrogen and oxygen atoms in total. The topological polar surface area (TPSA) is 84.1 Å². The van der Waals surface area contributed by atoms with Crippen molar-refractivity contribution in [3.63, 3.8) is 0 Å². The van der Waals surface area contributed by atoms with E-state index in [0.717, 1.165) is 35.3 Å². The zero-order valence-corrected chi connectivity index (χ0v) is 16.2. The van der Waals surface area contributed by atoms with Crippen molar-refractivity contribution in [3.8, 4) is 0 Å². The molecule has 0 saturated carbocycles. The molecule has 1 aromatic heterocycles. The first-order valence-corrected chi connectivity index (χ1v) is 9.51. The van der Waals surface area contributed by atoms with Crippen LogP contribution in [0.4, 0.5) is 0 Å². The summed E-state index contributed by atoms with van der Waals surface area (Å²) in [5.41, 5.74) is 3.72. The highest BCUT2D eigenvalue weighted by molar-refractivity contribution is 5.82. The number of aryl methyl sites for hydroxylation is 2. The van der Waals surface area contributed by atoms with Crippen LogP contribution in [0.25, 0.3) is 11.0 Å². The van der Waals surface area contributed by atoms with E-state index in [2.05, 4.69) is 22.4 Å². The Morgan fingerprint density at radius 3 is 2.61 bits per heavy atom. The Labute approximate surface area is 164 Å². The zero-order chi connectivity index (χ0) is 19.9. The number of nitrogens with zero attached hydrogens (tertiary/aromatic N) is 1. The maximum Gasteiger partial charge on any atom is 0.308 e. The molecule has 0 aliphatic carbocycles. The van der Waals surface area contributed by atoms with Crippen LogP contribution < -0.4 is 5.32 Å². The van der Waals surface area contributed by atoms with E-state index in [1.807, 2.05) is 36.4 Å². The number of carbonyl (C=O) groups excluding carboxylic acids is 2. The van der Waals surface area contributed by atoms with Crippen LogP contribution in [-0.4, -0.2) is 28.5 Å². The molecule has 1 heterocycles. The lowest BCUT2D eigenvalue weighted by atomic mass is 10.0. The van der Waals surface area contributed by atoms with Gasteiger partial charge in [-0.2, -0.15) is 0 Å². The molecule has 28 heavy (non-hydrogen) atoms. The molecule has 6 heteroatoms. The van der Waals surface area contributed by atoms with E-state index < -0.39 is 6.04 Å². The van der Waals surface area contributed by atoms with Gasteiger partial charge in [0.2, 0.25) is 5.91 Å². The van der Waals surface area contributed by atoms with Gasteiger partial charge in [-0.25, -0.2) is 4.98 Å². The number of ether oxygens (including phenoxy) is 1. The van der Waals surface area contributed by atoms with Gasteiger partial charge in [-0.15, -0.1) is 0 Å². The third-order valence-corrected chi connectivity index (χ3v) is 4.52. The quantitative estimate of drug-likeness (QED) is 0.587. The molecule has 0 fully saturated rings. The summed E-state index contributed by atoms with van der Waals surface area (Å²) in [5.74, 6) is 0.327. The number of hydrogen-bond acceptors (Lipinski definition) is 4. The zero-order valence-electron chi connectivity index (χ0n) is 16.2. The number of fused-ring (bicyclic) bond motifs is 1. The van der Waals surface area contributed by atoms with Gasteiger partial charge >= 0.3 is 5.97 Å². The number of para-hydroxylation sites is 1. The minimum atomic E-state index is -0.481. The van der Waals surface area contributed by atoms with E-state index in [1.165, 1.54) is 12.5 Å². The lowest BCUT2D eigenvalue weighted by Crippen LogP contribution is -2.28. The van der Waals surface area contributed by atoms with Crippen LogP contribution in [0.15, 0.2) is 48.5 Å². The first-order chi connectivity index (χ1) is 13.6. The number of H-pyrrole nitrogens is 1. The summed E-state index contributed by atoms with van der Waals surface area (Å²) >= 11 is 0. The van der Waals surface area contributed by atoms with Crippen molar-refractivity contribution in [3.05, 3.63) is 65.5 Å². The molecule has 3 rings (SSSR count). The molecule has 0 radical (unpaired) electrons. The highest BCUT2D eigenvalue weighted by Crippen LogP contribution is 2.26. The highest BCUT2D eigenvalue weighted by Gasteiger charge is 2.21. The van der Waals surface area contributed by atoms with Gasteiger partial charge in [0.1, 0.15) is 5.82 Å². The van der Waals surface area contributed by atoms with E-state index in [4.69, 9.17) is 9.72 Å².